The maximum Gasteiger partial charge on any atom is 0.178 e. The molecule has 2 aromatic rings. The summed E-state index contributed by atoms with van der Waals surface area (Å²) in [5, 5.41) is 0. The first-order chi connectivity index (χ1) is 13.7. The lowest BCUT2D eigenvalue weighted by molar-refractivity contribution is -0.110. The number of carbonyl (C=O) groups is 1. The van der Waals surface area contributed by atoms with E-state index in [1.165, 1.54) is 11.8 Å². The zero-order valence-electron chi connectivity index (χ0n) is 16.3. The van der Waals surface area contributed by atoms with E-state index in [0.717, 1.165) is 37.4 Å². The van der Waals surface area contributed by atoms with Crippen LogP contribution in [0.5, 0.6) is 11.5 Å². The summed E-state index contributed by atoms with van der Waals surface area (Å²) in [5.41, 5.74) is 2.90. The average molecular weight is 379 g/mol. The van der Waals surface area contributed by atoms with Gasteiger partial charge in [0.05, 0.1) is 33.0 Å². The van der Waals surface area contributed by atoms with Gasteiger partial charge in [0.15, 0.2) is 5.78 Å². The predicted octanol–water partition coefficient (Wildman–Crippen LogP) is 3.84. The number of ketones is 1. The van der Waals surface area contributed by atoms with Gasteiger partial charge in [0.2, 0.25) is 0 Å². The molecule has 1 fully saturated rings. The smallest absolute Gasteiger partial charge is 0.178 e. The van der Waals surface area contributed by atoms with Crippen molar-refractivity contribution < 1.29 is 19.0 Å². The molecule has 0 unspecified atom stereocenters. The van der Waals surface area contributed by atoms with Crippen molar-refractivity contribution in [2.24, 2.45) is 0 Å². The van der Waals surface area contributed by atoms with Crippen molar-refractivity contribution in [3.05, 3.63) is 65.7 Å². The Kier molecular flexibility index (Phi) is 6.87. The third-order valence-corrected chi connectivity index (χ3v) is 4.59. The van der Waals surface area contributed by atoms with E-state index in [1.54, 1.807) is 26.4 Å². The monoisotopic (exact) mass is 379 g/mol. The van der Waals surface area contributed by atoms with Crippen LogP contribution in [0.15, 0.2) is 54.6 Å². The van der Waals surface area contributed by atoms with Crippen LogP contribution in [0.2, 0.25) is 0 Å². The van der Waals surface area contributed by atoms with Gasteiger partial charge in [-0.1, -0.05) is 24.3 Å². The Morgan fingerprint density at radius 3 is 2.14 bits per heavy atom. The van der Waals surface area contributed by atoms with Gasteiger partial charge in [-0.3, -0.25) is 4.79 Å². The topological polar surface area (TPSA) is 48.0 Å². The third-order valence-electron chi connectivity index (χ3n) is 4.59. The number of hydrogen-bond donors (Lipinski definition) is 0. The number of nitrogens with zero attached hydrogens (tertiary/aromatic N) is 1. The number of morpholine rings is 1. The molecule has 0 aromatic heterocycles. The molecule has 2 aromatic carbocycles. The number of allylic oxidation sites excluding steroid dienone is 2. The third kappa shape index (κ3) is 5.02. The van der Waals surface area contributed by atoms with Gasteiger partial charge in [-0.15, -0.1) is 0 Å². The minimum absolute atomic E-state index is 0.106. The van der Waals surface area contributed by atoms with Gasteiger partial charge in [0.25, 0.3) is 0 Å². The second-order valence-corrected chi connectivity index (χ2v) is 6.34. The van der Waals surface area contributed by atoms with Crippen molar-refractivity contribution in [3.8, 4) is 11.5 Å². The van der Waals surface area contributed by atoms with E-state index in [0.29, 0.717) is 11.5 Å². The molecule has 0 aliphatic carbocycles. The van der Waals surface area contributed by atoms with Crippen molar-refractivity contribution in [2.45, 2.75) is 0 Å². The van der Waals surface area contributed by atoms with Gasteiger partial charge in [-0.2, -0.15) is 0 Å². The summed E-state index contributed by atoms with van der Waals surface area (Å²) in [7, 11) is 3.18. The number of ether oxygens (including phenoxy) is 3. The molecule has 0 atom stereocenters. The molecule has 1 saturated heterocycles. The molecule has 0 N–H and O–H groups in total. The first kappa shape index (κ1) is 19.7. The molecule has 0 amide bonds. The summed E-state index contributed by atoms with van der Waals surface area (Å²) < 4.78 is 16.1. The largest absolute Gasteiger partial charge is 0.496 e. The van der Waals surface area contributed by atoms with E-state index in [1.807, 2.05) is 36.4 Å². The molecule has 1 heterocycles. The normalized spacial score (nSPS) is 14.6. The van der Waals surface area contributed by atoms with Crippen molar-refractivity contribution >= 4 is 23.6 Å². The van der Waals surface area contributed by atoms with Gasteiger partial charge >= 0.3 is 0 Å². The number of carbonyl (C=O) groups excluding carboxylic acids is 1. The summed E-state index contributed by atoms with van der Waals surface area (Å²) in [5.74, 6) is 1.21. The van der Waals surface area contributed by atoms with Crippen molar-refractivity contribution in [3.63, 3.8) is 0 Å². The quantitative estimate of drug-likeness (QED) is 0.684. The fraction of sp³-hybridized carbons (Fsp3) is 0.261. The Morgan fingerprint density at radius 1 is 0.929 bits per heavy atom. The molecule has 146 valence electrons. The second kappa shape index (κ2) is 9.76. The summed E-state index contributed by atoms with van der Waals surface area (Å²) in [4.78, 5) is 14.5. The Hall–Kier alpha value is -3.05. The van der Waals surface area contributed by atoms with Crippen LogP contribution in [-0.2, 0) is 9.53 Å². The lowest BCUT2D eigenvalue weighted by atomic mass is 10.1. The first-order valence-electron chi connectivity index (χ1n) is 9.25. The number of rotatable bonds is 7. The number of benzene rings is 2. The SMILES string of the molecule is COc1cccc(OC)c1/C=C/C(=O)/C=C/c1ccc(N2CCOCC2)cc1. The van der Waals surface area contributed by atoms with Crippen LogP contribution in [-0.4, -0.2) is 46.3 Å². The maximum absolute atomic E-state index is 12.2. The molecule has 5 heteroatoms. The lowest BCUT2D eigenvalue weighted by Crippen LogP contribution is -2.36. The molecule has 0 saturated carbocycles. The number of anilines is 1. The highest BCUT2D eigenvalue weighted by molar-refractivity contribution is 6.04. The number of hydrogen-bond acceptors (Lipinski definition) is 5. The molecule has 1 aliphatic heterocycles. The maximum atomic E-state index is 12.2. The fourth-order valence-corrected chi connectivity index (χ4v) is 3.06. The van der Waals surface area contributed by atoms with E-state index in [4.69, 9.17) is 14.2 Å². The van der Waals surface area contributed by atoms with Gasteiger partial charge in [0, 0.05) is 18.8 Å². The van der Waals surface area contributed by atoms with Crippen molar-refractivity contribution in [2.75, 3.05) is 45.4 Å². The molecule has 3 rings (SSSR count). The van der Waals surface area contributed by atoms with E-state index in [2.05, 4.69) is 17.0 Å². The molecular formula is C23H25NO4. The van der Waals surface area contributed by atoms with E-state index in [9.17, 15) is 4.79 Å². The first-order valence-corrected chi connectivity index (χ1v) is 9.25. The van der Waals surface area contributed by atoms with Gasteiger partial charge in [-0.05, 0) is 48.1 Å². The second-order valence-electron chi connectivity index (χ2n) is 6.34. The van der Waals surface area contributed by atoms with Gasteiger partial charge < -0.3 is 19.1 Å². The van der Waals surface area contributed by atoms with Crippen LogP contribution in [0.25, 0.3) is 12.2 Å². The molecule has 0 spiro atoms. The van der Waals surface area contributed by atoms with Crippen LogP contribution in [0.4, 0.5) is 5.69 Å². The highest BCUT2D eigenvalue weighted by Crippen LogP contribution is 2.29. The predicted molar refractivity (Wildman–Crippen MR) is 112 cm³/mol. The fourth-order valence-electron chi connectivity index (χ4n) is 3.06. The van der Waals surface area contributed by atoms with Gasteiger partial charge in [-0.25, -0.2) is 0 Å². The summed E-state index contributed by atoms with van der Waals surface area (Å²) in [6.07, 6.45) is 6.60. The molecule has 0 radical (unpaired) electrons. The summed E-state index contributed by atoms with van der Waals surface area (Å²) in [6, 6.07) is 13.7. The van der Waals surface area contributed by atoms with Gasteiger partial charge in [0.1, 0.15) is 11.5 Å². The van der Waals surface area contributed by atoms with Crippen LogP contribution in [0, 0.1) is 0 Å². The highest BCUT2D eigenvalue weighted by atomic mass is 16.5. The average Bonchev–Trinajstić information content (AvgIpc) is 2.76. The molecule has 1 aliphatic rings. The molecule has 5 nitrogen and oxygen atoms in total. The number of methoxy groups -OCH3 is 2. The Balaban J connectivity index is 1.65. The Labute approximate surface area is 165 Å². The Morgan fingerprint density at radius 2 is 1.54 bits per heavy atom. The molecule has 0 bridgehead atoms. The van der Waals surface area contributed by atoms with Crippen LogP contribution >= 0.6 is 0 Å². The van der Waals surface area contributed by atoms with Crippen molar-refractivity contribution in [1.82, 2.24) is 0 Å². The van der Waals surface area contributed by atoms with Crippen LogP contribution in [0.1, 0.15) is 11.1 Å². The standard InChI is InChI=1S/C23H25NO4/c1-26-22-4-3-5-23(27-2)21(22)13-12-20(25)11-8-18-6-9-19(10-7-18)24-14-16-28-17-15-24/h3-13H,14-17H2,1-2H3/b11-8+,13-12+. The van der Waals surface area contributed by atoms with E-state index >= 15 is 0 Å². The Bertz CT molecular complexity index is 827. The summed E-state index contributed by atoms with van der Waals surface area (Å²) >= 11 is 0. The van der Waals surface area contributed by atoms with E-state index in [-0.39, 0.29) is 5.78 Å². The molecule has 28 heavy (non-hydrogen) atoms. The minimum atomic E-state index is -0.106. The van der Waals surface area contributed by atoms with Crippen LogP contribution in [0.3, 0.4) is 0 Å². The van der Waals surface area contributed by atoms with E-state index < -0.39 is 0 Å². The minimum Gasteiger partial charge on any atom is -0.496 e. The summed E-state index contributed by atoms with van der Waals surface area (Å²) in [6.45, 7) is 3.34. The lowest BCUT2D eigenvalue weighted by Gasteiger charge is -2.28. The van der Waals surface area contributed by atoms with Crippen molar-refractivity contribution in [1.29, 1.82) is 0 Å². The highest BCUT2D eigenvalue weighted by Gasteiger charge is 2.10. The zero-order valence-corrected chi connectivity index (χ0v) is 16.3. The van der Waals surface area contributed by atoms with Crippen LogP contribution < -0.4 is 14.4 Å². The molecular weight excluding hydrogens is 354 g/mol. The zero-order chi connectivity index (χ0) is 19.8.